The number of carbonyl (C=O) groups excluding carboxylic acids is 2. The maximum atomic E-state index is 12.0. The Balaban J connectivity index is 0.00000264. The molecular weight excluding hydrogens is 322 g/mol. The molecule has 0 aliphatic carbocycles. The largest absolute Gasteiger partial charge is 0.360 e. The van der Waals surface area contributed by atoms with Gasteiger partial charge in [-0.1, -0.05) is 5.16 Å². The van der Waals surface area contributed by atoms with E-state index in [-0.39, 0.29) is 36.7 Å². The van der Waals surface area contributed by atoms with Crippen LogP contribution in [0.3, 0.4) is 0 Å². The van der Waals surface area contributed by atoms with E-state index in [0.717, 1.165) is 19.4 Å². The lowest BCUT2D eigenvalue weighted by molar-refractivity contribution is -0.127. The Morgan fingerprint density at radius 1 is 1.52 bits per heavy atom. The molecule has 9 heteroatoms. The van der Waals surface area contributed by atoms with Crippen molar-refractivity contribution in [3.63, 3.8) is 0 Å². The molecule has 0 bridgehead atoms. The van der Waals surface area contributed by atoms with Gasteiger partial charge in [0.15, 0.2) is 5.82 Å². The van der Waals surface area contributed by atoms with Crippen LogP contribution in [0.5, 0.6) is 0 Å². The molecule has 1 atom stereocenters. The van der Waals surface area contributed by atoms with Gasteiger partial charge in [-0.15, -0.1) is 12.4 Å². The number of aromatic nitrogens is 1. The van der Waals surface area contributed by atoms with E-state index in [2.05, 4.69) is 15.8 Å². The number of likely N-dealkylation sites (tertiary alicyclic amines) is 1. The number of halogens is 1. The Hall–Kier alpha value is -1.64. The van der Waals surface area contributed by atoms with E-state index < -0.39 is 0 Å². The normalized spacial score (nSPS) is 18.1. The van der Waals surface area contributed by atoms with Gasteiger partial charge in [-0.25, -0.2) is 0 Å². The Kier molecular flexibility index (Phi) is 8.01. The Labute approximate surface area is 141 Å². The highest BCUT2D eigenvalue weighted by atomic mass is 35.5. The molecule has 0 aromatic carbocycles. The number of anilines is 1. The van der Waals surface area contributed by atoms with Crippen molar-refractivity contribution < 1.29 is 14.1 Å². The van der Waals surface area contributed by atoms with Gasteiger partial charge < -0.3 is 20.9 Å². The highest BCUT2D eigenvalue weighted by Gasteiger charge is 2.26. The van der Waals surface area contributed by atoms with Gasteiger partial charge >= 0.3 is 0 Å². The lowest BCUT2D eigenvalue weighted by Crippen LogP contribution is -2.46. The third-order valence-corrected chi connectivity index (χ3v) is 3.58. The third-order valence-electron chi connectivity index (χ3n) is 3.58. The summed E-state index contributed by atoms with van der Waals surface area (Å²) < 4.78 is 4.90. The zero-order valence-electron chi connectivity index (χ0n) is 13.2. The van der Waals surface area contributed by atoms with Crippen molar-refractivity contribution in [1.82, 2.24) is 15.4 Å². The molecule has 1 aliphatic rings. The van der Waals surface area contributed by atoms with E-state index in [9.17, 15) is 9.59 Å². The monoisotopic (exact) mass is 345 g/mol. The van der Waals surface area contributed by atoms with Crippen molar-refractivity contribution in [2.75, 3.05) is 38.0 Å². The maximum Gasteiger partial charge on any atom is 0.239 e. The van der Waals surface area contributed by atoms with Crippen LogP contribution in [0.1, 0.15) is 18.6 Å². The SMILES string of the molecule is Cc1cc(NC(=O)CN2CCCC(C(=O)NCCN)C2)no1.Cl. The first kappa shape index (κ1) is 19.4. The molecule has 1 aromatic rings. The molecule has 1 aliphatic heterocycles. The summed E-state index contributed by atoms with van der Waals surface area (Å²) in [5.41, 5.74) is 5.38. The Morgan fingerprint density at radius 3 is 2.96 bits per heavy atom. The lowest BCUT2D eigenvalue weighted by atomic mass is 9.97. The summed E-state index contributed by atoms with van der Waals surface area (Å²) in [6.07, 6.45) is 1.74. The predicted octanol–water partition coefficient (Wildman–Crippen LogP) is 0.130. The van der Waals surface area contributed by atoms with Crippen LogP contribution in [-0.4, -0.2) is 54.6 Å². The summed E-state index contributed by atoms with van der Waals surface area (Å²) in [6, 6.07) is 1.66. The Morgan fingerprint density at radius 2 is 2.30 bits per heavy atom. The van der Waals surface area contributed by atoms with Crippen LogP contribution in [0, 0.1) is 12.8 Å². The molecule has 23 heavy (non-hydrogen) atoms. The van der Waals surface area contributed by atoms with Crippen molar-refractivity contribution in [1.29, 1.82) is 0 Å². The van der Waals surface area contributed by atoms with E-state index in [1.807, 2.05) is 4.90 Å². The van der Waals surface area contributed by atoms with Gasteiger partial charge in [0.1, 0.15) is 5.76 Å². The van der Waals surface area contributed by atoms with Crippen molar-refractivity contribution in [2.24, 2.45) is 11.7 Å². The zero-order valence-corrected chi connectivity index (χ0v) is 14.0. The topological polar surface area (TPSA) is 113 Å². The number of aryl methyl sites for hydroxylation is 1. The highest BCUT2D eigenvalue weighted by molar-refractivity contribution is 5.91. The van der Waals surface area contributed by atoms with Gasteiger partial charge in [0.05, 0.1) is 12.5 Å². The highest BCUT2D eigenvalue weighted by Crippen LogP contribution is 2.16. The average Bonchev–Trinajstić information content (AvgIpc) is 2.90. The van der Waals surface area contributed by atoms with E-state index in [4.69, 9.17) is 10.3 Å². The molecule has 130 valence electrons. The minimum absolute atomic E-state index is 0. The van der Waals surface area contributed by atoms with Gasteiger partial charge in [0.2, 0.25) is 11.8 Å². The molecular formula is C14H24ClN5O3. The number of hydrogen-bond acceptors (Lipinski definition) is 6. The standard InChI is InChI=1S/C14H23N5O3.ClH/c1-10-7-12(18-22-10)17-13(20)9-19-6-2-3-11(8-19)14(21)16-5-4-15;/h7,11H,2-6,8-9,15H2,1H3,(H,16,21)(H,17,18,20);1H. The fourth-order valence-electron chi connectivity index (χ4n) is 2.56. The van der Waals surface area contributed by atoms with Crippen molar-refractivity contribution in [2.45, 2.75) is 19.8 Å². The molecule has 1 aromatic heterocycles. The van der Waals surface area contributed by atoms with Crippen molar-refractivity contribution in [3.8, 4) is 0 Å². The van der Waals surface area contributed by atoms with Crippen LogP contribution in [-0.2, 0) is 9.59 Å². The van der Waals surface area contributed by atoms with Crippen molar-refractivity contribution in [3.05, 3.63) is 11.8 Å². The maximum absolute atomic E-state index is 12.0. The first-order valence-electron chi connectivity index (χ1n) is 7.52. The lowest BCUT2D eigenvalue weighted by Gasteiger charge is -2.31. The van der Waals surface area contributed by atoms with E-state index in [1.165, 1.54) is 0 Å². The summed E-state index contributed by atoms with van der Waals surface area (Å²) >= 11 is 0. The summed E-state index contributed by atoms with van der Waals surface area (Å²) in [5, 5.41) is 9.22. The molecule has 4 N–H and O–H groups in total. The number of nitrogens with one attached hydrogen (secondary N) is 2. The first-order chi connectivity index (χ1) is 10.6. The van der Waals surface area contributed by atoms with Crippen LogP contribution in [0.4, 0.5) is 5.82 Å². The van der Waals surface area contributed by atoms with Crippen LogP contribution >= 0.6 is 12.4 Å². The van der Waals surface area contributed by atoms with E-state index >= 15 is 0 Å². The second-order valence-corrected chi connectivity index (χ2v) is 5.52. The molecule has 0 spiro atoms. The summed E-state index contributed by atoms with van der Waals surface area (Å²) in [5.74, 6) is 0.836. The second kappa shape index (κ2) is 9.49. The zero-order chi connectivity index (χ0) is 15.9. The van der Waals surface area contributed by atoms with Gasteiger partial charge in [-0.3, -0.25) is 14.5 Å². The van der Waals surface area contributed by atoms with E-state index in [1.54, 1.807) is 13.0 Å². The fourth-order valence-corrected chi connectivity index (χ4v) is 2.56. The summed E-state index contributed by atoms with van der Waals surface area (Å²) in [4.78, 5) is 25.9. The van der Waals surface area contributed by atoms with Gasteiger partial charge in [-0.2, -0.15) is 0 Å². The number of carbonyl (C=O) groups is 2. The smallest absolute Gasteiger partial charge is 0.239 e. The number of amides is 2. The summed E-state index contributed by atoms with van der Waals surface area (Å²) in [7, 11) is 0. The number of nitrogens with zero attached hydrogens (tertiary/aromatic N) is 2. The van der Waals surface area contributed by atoms with Crippen LogP contribution < -0.4 is 16.4 Å². The van der Waals surface area contributed by atoms with Gasteiger partial charge in [-0.05, 0) is 26.3 Å². The quantitative estimate of drug-likeness (QED) is 0.675. The average molecular weight is 346 g/mol. The molecule has 1 unspecified atom stereocenters. The van der Waals surface area contributed by atoms with Gasteiger partial charge in [0, 0.05) is 25.7 Å². The number of piperidine rings is 1. The molecule has 2 heterocycles. The predicted molar refractivity (Wildman–Crippen MR) is 88.3 cm³/mol. The number of hydrogen-bond donors (Lipinski definition) is 3. The minimum atomic E-state index is -0.156. The van der Waals surface area contributed by atoms with Crippen LogP contribution in [0.25, 0.3) is 0 Å². The molecule has 2 rings (SSSR count). The number of rotatable bonds is 6. The number of nitrogens with two attached hydrogens (primary N) is 1. The molecule has 0 saturated carbocycles. The van der Waals surface area contributed by atoms with Crippen LogP contribution in [0.2, 0.25) is 0 Å². The second-order valence-electron chi connectivity index (χ2n) is 5.52. The molecule has 8 nitrogen and oxygen atoms in total. The van der Waals surface area contributed by atoms with Crippen molar-refractivity contribution >= 4 is 30.0 Å². The minimum Gasteiger partial charge on any atom is -0.360 e. The van der Waals surface area contributed by atoms with Crippen LogP contribution in [0.15, 0.2) is 10.6 Å². The molecule has 1 fully saturated rings. The fraction of sp³-hybridized carbons (Fsp3) is 0.643. The van der Waals surface area contributed by atoms with Gasteiger partial charge in [0.25, 0.3) is 0 Å². The molecule has 1 saturated heterocycles. The first-order valence-corrected chi connectivity index (χ1v) is 7.52. The molecule has 0 radical (unpaired) electrons. The molecule has 2 amide bonds. The third kappa shape index (κ3) is 6.17. The Bertz CT molecular complexity index is 522. The summed E-state index contributed by atoms with van der Waals surface area (Å²) in [6.45, 7) is 4.32. The van der Waals surface area contributed by atoms with E-state index in [0.29, 0.717) is 31.2 Å².